The molecule has 0 aliphatic heterocycles. The number of hydrogen-bond donors (Lipinski definition) is 1. The monoisotopic (exact) mass is 293 g/mol. The molecule has 1 unspecified atom stereocenters. The summed E-state index contributed by atoms with van der Waals surface area (Å²) in [6, 6.07) is 10.00. The van der Waals surface area contributed by atoms with Gasteiger partial charge in [-0.25, -0.2) is 4.39 Å². The van der Waals surface area contributed by atoms with E-state index in [0.29, 0.717) is 28.5 Å². The molecule has 0 saturated heterocycles. The number of nitrogens with two attached hydrogens (primary N) is 1. The summed E-state index contributed by atoms with van der Waals surface area (Å²) in [5.74, 6) is 0.793. The lowest BCUT2D eigenvalue weighted by Crippen LogP contribution is -2.19. The molecule has 2 aromatic rings. The van der Waals surface area contributed by atoms with Crippen LogP contribution in [0.15, 0.2) is 36.4 Å². The first-order chi connectivity index (χ1) is 9.47. The summed E-state index contributed by atoms with van der Waals surface area (Å²) in [7, 11) is 0. The van der Waals surface area contributed by atoms with Gasteiger partial charge in [0.2, 0.25) is 0 Å². The zero-order valence-corrected chi connectivity index (χ0v) is 12.2. The summed E-state index contributed by atoms with van der Waals surface area (Å²) in [6.45, 7) is 3.75. The quantitative estimate of drug-likeness (QED) is 0.902. The minimum atomic E-state index is -0.306. The van der Waals surface area contributed by atoms with Crippen LogP contribution in [0.4, 0.5) is 4.39 Å². The predicted octanol–water partition coefficient (Wildman–Crippen LogP) is 4.47. The highest BCUT2D eigenvalue weighted by Gasteiger charge is 2.13. The van der Waals surface area contributed by atoms with E-state index in [0.717, 1.165) is 5.56 Å². The van der Waals surface area contributed by atoms with E-state index in [9.17, 15) is 4.39 Å². The molecule has 4 heteroatoms. The lowest BCUT2D eigenvalue weighted by molar-refractivity contribution is 0.460. The van der Waals surface area contributed by atoms with Gasteiger partial charge in [-0.05, 0) is 50.1 Å². The van der Waals surface area contributed by atoms with E-state index in [1.54, 1.807) is 24.3 Å². The van der Waals surface area contributed by atoms with Gasteiger partial charge in [0.05, 0.1) is 0 Å². The van der Waals surface area contributed by atoms with Crippen LogP contribution in [-0.2, 0) is 6.42 Å². The average molecular weight is 294 g/mol. The topological polar surface area (TPSA) is 35.2 Å². The van der Waals surface area contributed by atoms with Gasteiger partial charge in [0.25, 0.3) is 0 Å². The van der Waals surface area contributed by atoms with E-state index in [-0.39, 0.29) is 11.9 Å². The third-order valence-electron chi connectivity index (χ3n) is 2.97. The number of hydrogen-bond acceptors (Lipinski definition) is 2. The number of rotatable bonds is 4. The van der Waals surface area contributed by atoms with Crippen molar-refractivity contribution < 1.29 is 9.13 Å². The van der Waals surface area contributed by atoms with Gasteiger partial charge in [-0.3, -0.25) is 0 Å². The Balaban J connectivity index is 2.38. The Morgan fingerprint density at radius 2 is 2.00 bits per heavy atom. The molecule has 0 saturated carbocycles. The Hall–Kier alpha value is -1.58. The minimum absolute atomic E-state index is 0.144. The maximum absolute atomic E-state index is 13.9. The van der Waals surface area contributed by atoms with Crippen molar-refractivity contribution in [3.05, 3.63) is 58.4 Å². The summed E-state index contributed by atoms with van der Waals surface area (Å²) in [4.78, 5) is 0. The van der Waals surface area contributed by atoms with E-state index in [4.69, 9.17) is 22.1 Å². The van der Waals surface area contributed by atoms with Gasteiger partial charge >= 0.3 is 0 Å². The van der Waals surface area contributed by atoms with Gasteiger partial charge in [0.1, 0.15) is 17.3 Å². The number of aryl methyl sites for hydroxylation is 1. The molecular formula is C16H17ClFNO. The van der Waals surface area contributed by atoms with Crippen molar-refractivity contribution in [2.24, 2.45) is 5.73 Å². The SMILES string of the molecule is Cc1ccc(Cl)cc1Oc1cccc(F)c1CC(C)N. The second-order valence-electron chi connectivity index (χ2n) is 4.91. The lowest BCUT2D eigenvalue weighted by Gasteiger charge is -2.15. The van der Waals surface area contributed by atoms with Crippen LogP contribution in [-0.4, -0.2) is 6.04 Å². The highest BCUT2D eigenvalue weighted by molar-refractivity contribution is 6.30. The summed E-state index contributed by atoms with van der Waals surface area (Å²) >= 11 is 5.96. The average Bonchev–Trinajstić information content (AvgIpc) is 2.37. The molecule has 1 atom stereocenters. The van der Waals surface area contributed by atoms with E-state index in [1.807, 2.05) is 19.9 Å². The molecule has 0 amide bonds. The largest absolute Gasteiger partial charge is 0.457 e. The van der Waals surface area contributed by atoms with Gasteiger partial charge in [0.15, 0.2) is 0 Å². The van der Waals surface area contributed by atoms with Crippen LogP contribution in [0, 0.1) is 12.7 Å². The molecule has 0 aliphatic carbocycles. The van der Waals surface area contributed by atoms with Gasteiger partial charge in [-0.2, -0.15) is 0 Å². The standard InChI is InChI=1S/C16H17ClFNO/c1-10-6-7-12(17)9-16(10)20-15-5-3-4-14(18)13(15)8-11(2)19/h3-7,9,11H,8,19H2,1-2H3. The van der Waals surface area contributed by atoms with Crippen LogP contribution in [0.2, 0.25) is 5.02 Å². The van der Waals surface area contributed by atoms with E-state index >= 15 is 0 Å². The molecule has 2 nitrogen and oxygen atoms in total. The molecule has 2 aromatic carbocycles. The number of halogens is 2. The molecule has 0 aliphatic rings. The second-order valence-corrected chi connectivity index (χ2v) is 5.35. The van der Waals surface area contributed by atoms with E-state index in [1.165, 1.54) is 6.07 Å². The zero-order chi connectivity index (χ0) is 14.7. The van der Waals surface area contributed by atoms with E-state index < -0.39 is 0 Å². The molecule has 0 fully saturated rings. The molecule has 0 aromatic heterocycles. The fraction of sp³-hybridized carbons (Fsp3) is 0.250. The molecule has 0 radical (unpaired) electrons. The van der Waals surface area contributed by atoms with Crippen LogP contribution in [0.1, 0.15) is 18.1 Å². The molecule has 106 valence electrons. The van der Waals surface area contributed by atoms with Crippen LogP contribution >= 0.6 is 11.6 Å². The predicted molar refractivity (Wildman–Crippen MR) is 80.0 cm³/mol. The smallest absolute Gasteiger partial charge is 0.133 e. The fourth-order valence-corrected chi connectivity index (χ4v) is 2.12. The minimum Gasteiger partial charge on any atom is -0.457 e. The molecule has 20 heavy (non-hydrogen) atoms. The molecule has 2 rings (SSSR count). The Morgan fingerprint density at radius 1 is 1.25 bits per heavy atom. The molecular weight excluding hydrogens is 277 g/mol. The van der Waals surface area contributed by atoms with Gasteiger partial charge in [0, 0.05) is 16.6 Å². The Morgan fingerprint density at radius 3 is 2.70 bits per heavy atom. The summed E-state index contributed by atoms with van der Waals surface area (Å²) in [5, 5.41) is 0.579. The van der Waals surface area contributed by atoms with Crippen molar-refractivity contribution in [2.45, 2.75) is 26.3 Å². The van der Waals surface area contributed by atoms with Crippen LogP contribution in [0.5, 0.6) is 11.5 Å². The van der Waals surface area contributed by atoms with Crippen molar-refractivity contribution in [3.8, 4) is 11.5 Å². The zero-order valence-electron chi connectivity index (χ0n) is 11.5. The van der Waals surface area contributed by atoms with Crippen molar-refractivity contribution in [3.63, 3.8) is 0 Å². The number of benzene rings is 2. The van der Waals surface area contributed by atoms with E-state index in [2.05, 4.69) is 0 Å². The van der Waals surface area contributed by atoms with Crippen molar-refractivity contribution in [1.82, 2.24) is 0 Å². The van der Waals surface area contributed by atoms with Crippen LogP contribution in [0.3, 0.4) is 0 Å². The normalized spacial score (nSPS) is 12.2. The maximum atomic E-state index is 13.9. The third-order valence-corrected chi connectivity index (χ3v) is 3.21. The second kappa shape index (κ2) is 6.25. The van der Waals surface area contributed by atoms with Gasteiger partial charge < -0.3 is 10.5 Å². The van der Waals surface area contributed by atoms with Crippen LogP contribution in [0.25, 0.3) is 0 Å². The van der Waals surface area contributed by atoms with Gasteiger partial charge in [-0.1, -0.05) is 23.7 Å². The van der Waals surface area contributed by atoms with Crippen molar-refractivity contribution in [1.29, 1.82) is 0 Å². The Labute approximate surface area is 123 Å². The molecule has 0 heterocycles. The summed E-state index contributed by atoms with van der Waals surface area (Å²) < 4.78 is 19.8. The van der Waals surface area contributed by atoms with Crippen LogP contribution < -0.4 is 10.5 Å². The lowest BCUT2D eigenvalue weighted by atomic mass is 10.1. The fourth-order valence-electron chi connectivity index (χ4n) is 1.96. The summed E-state index contributed by atoms with van der Waals surface area (Å²) in [5.41, 5.74) is 7.19. The third kappa shape index (κ3) is 3.50. The first kappa shape index (κ1) is 14.8. The summed E-state index contributed by atoms with van der Waals surface area (Å²) in [6.07, 6.45) is 0.418. The number of ether oxygens (including phenoxy) is 1. The first-order valence-electron chi connectivity index (χ1n) is 6.44. The Kier molecular flexibility index (Phi) is 4.63. The first-order valence-corrected chi connectivity index (χ1v) is 6.82. The van der Waals surface area contributed by atoms with Gasteiger partial charge in [-0.15, -0.1) is 0 Å². The molecule has 0 spiro atoms. The van der Waals surface area contributed by atoms with Crippen molar-refractivity contribution in [2.75, 3.05) is 0 Å². The molecule has 2 N–H and O–H groups in total. The molecule has 0 bridgehead atoms. The van der Waals surface area contributed by atoms with Crippen molar-refractivity contribution >= 4 is 11.6 Å². The highest BCUT2D eigenvalue weighted by atomic mass is 35.5. The maximum Gasteiger partial charge on any atom is 0.133 e. The highest BCUT2D eigenvalue weighted by Crippen LogP contribution is 2.31. The Bertz CT molecular complexity index is 613.